The maximum Gasteiger partial charge on any atom is 0.191 e. The van der Waals surface area contributed by atoms with Gasteiger partial charge in [-0.25, -0.2) is 4.99 Å². The van der Waals surface area contributed by atoms with E-state index in [0.717, 1.165) is 76.2 Å². The standard InChI is InChI=1S/C23H38N4O3.HI/c1-4-24-23(25-14-19(3)16-27-8-11-28-12-9-27)26-15-20-6-5-18(2)13-22(20)30-21-7-10-29-17-21;/h5-6,13,19,21H,4,7-12,14-17H2,1-3H3,(H2,24,25,26);1H. The highest BCUT2D eigenvalue weighted by molar-refractivity contribution is 14.0. The second-order valence-electron chi connectivity index (χ2n) is 8.31. The van der Waals surface area contributed by atoms with Gasteiger partial charge in [-0.1, -0.05) is 19.1 Å². The maximum atomic E-state index is 6.21. The van der Waals surface area contributed by atoms with Gasteiger partial charge in [-0.05, 0) is 31.4 Å². The van der Waals surface area contributed by atoms with Crippen LogP contribution in [0.1, 0.15) is 31.4 Å². The lowest BCUT2D eigenvalue weighted by molar-refractivity contribution is 0.0320. The van der Waals surface area contributed by atoms with Crippen LogP contribution < -0.4 is 15.4 Å². The van der Waals surface area contributed by atoms with Crippen LogP contribution in [0.4, 0.5) is 0 Å². The van der Waals surface area contributed by atoms with Gasteiger partial charge in [-0.15, -0.1) is 24.0 Å². The highest BCUT2D eigenvalue weighted by atomic mass is 127. The number of morpholine rings is 1. The fourth-order valence-electron chi connectivity index (χ4n) is 3.75. The zero-order valence-electron chi connectivity index (χ0n) is 19.2. The molecule has 31 heavy (non-hydrogen) atoms. The Morgan fingerprint density at radius 2 is 2.03 bits per heavy atom. The summed E-state index contributed by atoms with van der Waals surface area (Å²) in [6, 6.07) is 6.34. The van der Waals surface area contributed by atoms with Crippen molar-refractivity contribution in [2.75, 3.05) is 59.2 Å². The number of hydrogen-bond acceptors (Lipinski definition) is 5. The molecule has 3 rings (SSSR count). The molecule has 2 aliphatic rings. The van der Waals surface area contributed by atoms with Gasteiger partial charge in [-0.2, -0.15) is 0 Å². The average molecular weight is 546 g/mol. The molecule has 2 aliphatic heterocycles. The predicted octanol–water partition coefficient (Wildman–Crippen LogP) is 2.80. The molecule has 176 valence electrons. The summed E-state index contributed by atoms with van der Waals surface area (Å²) in [6.45, 7) is 15.0. The third kappa shape index (κ3) is 9.11. The first-order valence-corrected chi connectivity index (χ1v) is 11.3. The van der Waals surface area contributed by atoms with Gasteiger partial charge in [0.2, 0.25) is 0 Å². The van der Waals surface area contributed by atoms with E-state index in [1.807, 2.05) is 0 Å². The minimum atomic E-state index is 0. The van der Waals surface area contributed by atoms with Crippen molar-refractivity contribution in [1.82, 2.24) is 15.5 Å². The van der Waals surface area contributed by atoms with Gasteiger partial charge in [0.15, 0.2) is 5.96 Å². The first kappa shape index (κ1) is 26.2. The Labute approximate surface area is 204 Å². The van der Waals surface area contributed by atoms with E-state index in [1.54, 1.807) is 0 Å². The van der Waals surface area contributed by atoms with Crippen molar-refractivity contribution in [3.63, 3.8) is 0 Å². The molecule has 2 atom stereocenters. The molecule has 7 nitrogen and oxygen atoms in total. The number of benzene rings is 1. The number of aryl methyl sites for hydroxylation is 1. The van der Waals surface area contributed by atoms with Crippen molar-refractivity contribution in [3.05, 3.63) is 29.3 Å². The first-order valence-electron chi connectivity index (χ1n) is 11.3. The fourth-order valence-corrected chi connectivity index (χ4v) is 3.75. The molecular formula is C23H39IN4O3. The normalized spacial score (nSPS) is 20.7. The summed E-state index contributed by atoms with van der Waals surface area (Å²) in [5.74, 6) is 2.31. The van der Waals surface area contributed by atoms with E-state index in [1.165, 1.54) is 5.56 Å². The van der Waals surface area contributed by atoms with Crippen molar-refractivity contribution in [3.8, 4) is 5.75 Å². The largest absolute Gasteiger partial charge is 0.488 e. The maximum absolute atomic E-state index is 6.21. The molecule has 2 saturated heterocycles. The van der Waals surface area contributed by atoms with Crippen molar-refractivity contribution in [2.24, 2.45) is 10.9 Å². The number of guanidine groups is 1. The minimum Gasteiger partial charge on any atom is -0.488 e. The number of rotatable bonds is 9. The van der Waals surface area contributed by atoms with Gasteiger partial charge >= 0.3 is 0 Å². The summed E-state index contributed by atoms with van der Waals surface area (Å²) < 4.78 is 17.1. The fraction of sp³-hybridized carbons (Fsp3) is 0.696. The smallest absolute Gasteiger partial charge is 0.191 e. The molecule has 0 amide bonds. The predicted molar refractivity (Wildman–Crippen MR) is 136 cm³/mol. The van der Waals surface area contributed by atoms with Crippen LogP contribution in [-0.2, 0) is 16.0 Å². The van der Waals surface area contributed by atoms with Gasteiger partial charge in [-0.3, -0.25) is 4.90 Å². The van der Waals surface area contributed by atoms with Crippen molar-refractivity contribution < 1.29 is 14.2 Å². The van der Waals surface area contributed by atoms with Gasteiger partial charge in [0.1, 0.15) is 11.9 Å². The Balaban J connectivity index is 0.00000341. The number of hydrogen-bond donors (Lipinski definition) is 2. The van der Waals surface area contributed by atoms with Crippen LogP contribution in [-0.4, -0.2) is 76.1 Å². The summed E-state index contributed by atoms with van der Waals surface area (Å²) in [5, 5.41) is 6.86. The van der Waals surface area contributed by atoms with Crippen LogP contribution in [0.2, 0.25) is 0 Å². The zero-order chi connectivity index (χ0) is 21.2. The third-order valence-electron chi connectivity index (χ3n) is 5.45. The van der Waals surface area contributed by atoms with Crippen molar-refractivity contribution in [1.29, 1.82) is 0 Å². The number of nitrogens with one attached hydrogen (secondary N) is 2. The Morgan fingerprint density at radius 3 is 2.74 bits per heavy atom. The zero-order valence-corrected chi connectivity index (χ0v) is 21.5. The highest BCUT2D eigenvalue weighted by Crippen LogP contribution is 2.24. The van der Waals surface area contributed by atoms with Gasteiger partial charge in [0, 0.05) is 44.7 Å². The summed E-state index contributed by atoms with van der Waals surface area (Å²) in [6.07, 6.45) is 1.09. The van der Waals surface area contributed by atoms with Crippen LogP contribution in [0.3, 0.4) is 0 Å². The SMILES string of the molecule is CCNC(=NCc1ccc(C)cc1OC1CCOC1)NCC(C)CN1CCOCC1.I. The molecule has 0 saturated carbocycles. The number of aliphatic imine (C=N–C) groups is 1. The Bertz CT molecular complexity index is 677. The van der Waals surface area contributed by atoms with Crippen LogP contribution in [0, 0.1) is 12.8 Å². The Kier molecular flexibility index (Phi) is 11.9. The Morgan fingerprint density at radius 1 is 1.23 bits per heavy atom. The van der Waals surface area contributed by atoms with Gasteiger partial charge in [0.05, 0.1) is 33.0 Å². The summed E-state index contributed by atoms with van der Waals surface area (Å²) in [7, 11) is 0. The van der Waals surface area contributed by atoms with E-state index in [4.69, 9.17) is 19.2 Å². The Hall–Kier alpha value is -1.10. The average Bonchev–Trinajstić information content (AvgIpc) is 3.25. The summed E-state index contributed by atoms with van der Waals surface area (Å²) >= 11 is 0. The molecule has 2 N–H and O–H groups in total. The molecule has 0 bridgehead atoms. The molecule has 0 aliphatic carbocycles. The molecule has 1 aromatic rings. The number of nitrogens with zero attached hydrogens (tertiary/aromatic N) is 2. The lowest BCUT2D eigenvalue weighted by Gasteiger charge is -2.29. The molecular weight excluding hydrogens is 507 g/mol. The van der Waals surface area contributed by atoms with E-state index >= 15 is 0 Å². The minimum absolute atomic E-state index is 0. The lowest BCUT2D eigenvalue weighted by Crippen LogP contribution is -2.44. The molecule has 2 unspecified atom stereocenters. The molecule has 2 fully saturated rings. The van der Waals surface area contributed by atoms with Crippen LogP contribution >= 0.6 is 24.0 Å². The van der Waals surface area contributed by atoms with E-state index in [-0.39, 0.29) is 30.1 Å². The quantitative estimate of drug-likeness (QED) is 0.282. The van der Waals surface area contributed by atoms with Gasteiger partial charge < -0.3 is 24.8 Å². The second kappa shape index (κ2) is 14.1. The van der Waals surface area contributed by atoms with Crippen LogP contribution in [0.25, 0.3) is 0 Å². The highest BCUT2D eigenvalue weighted by Gasteiger charge is 2.19. The summed E-state index contributed by atoms with van der Waals surface area (Å²) in [4.78, 5) is 7.29. The van der Waals surface area contributed by atoms with Crippen molar-refractivity contribution >= 4 is 29.9 Å². The lowest BCUT2D eigenvalue weighted by atomic mass is 10.1. The monoisotopic (exact) mass is 546 g/mol. The third-order valence-corrected chi connectivity index (χ3v) is 5.45. The molecule has 2 heterocycles. The summed E-state index contributed by atoms with van der Waals surface area (Å²) in [5.41, 5.74) is 2.30. The van der Waals surface area contributed by atoms with Crippen molar-refractivity contribution in [2.45, 2.75) is 39.8 Å². The molecule has 0 radical (unpaired) electrons. The van der Waals surface area contributed by atoms with E-state index in [9.17, 15) is 0 Å². The first-order chi connectivity index (χ1) is 14.6. The van der Waals surface area contributed by atoms with E-state index in [2.05, 4.69) is 54.5 Å². The van der Waals surface area contributed by atoms with E-state index in [0.29, 0.717) is 19.1 Å². The second-order valence-corrected chi connectivity index (χ2v) is 8.31. The molecule has 1 aromatic carbocycles. The van der Waals surface area contributed by atoms with Crippen LogP contribution in [0.5, 0.6) is 5.75 Å². The number of halogens is 1. The van der Waals surface area contributed by atoms with Crippen LogP contribution in [0.15, 0.2) is 23.2 Å². The molecule has 0 aromatic heterocycles. The number of ether oxygens (including phenoxy) is 3. The van der Waals surface area contributed by atoms with E-state index < -0.39 is 0 Å². The van der Waals surface area contributed by atoms with Gasteiger partial charge in [0.25, 0.3) is 0 Å². The molecule has 8 heteroatoms. The topological polar surface area (TPSA) is 67.4 Å². The molecule has 0 spiro atoms.